The second-order valence-corrected chi connectivity index (χ2v) is 8.98. The van der Waals surface area contributed by atoms with E-state index in [-0.39, 0.29) is 24.3 Å². The summed E-state index contributed by atoms with van der Waals surface area (Å²) in [4.78, 5) is 32.0. The van der Waals surface area contributed by atoms with Gasteiger partial charge < -0.3 is 5.32 Å². The van der Waals surface area contributed by atoms with Crippen LogP contribution in [-0.2, 0) is 9.59 Å². The average molecular weight is 458 g/mol. The molecule has 1 atom stereocenters. The molecule has 1 saturated carbocycles. The van der Waals surface area contributed by atoms with Gasteiger partial charge in [-0.15, -0.1) is 0 Å². The number of thioether (sulfide) groups is 1. The molecular weight excluding hydrogens is 438 g/mol. The second kappa shape index (κ2) is 8.09. The summed E-state index contributed by atoms with van der Waals surface area (Å²) in [6.45, 7) is 2.00. The summed E-state index contributed by atoms with van der Waals surface area (Å²) >= 11 is 4.82. The fourth-order valence-electron chi connectivity index (χ4n) is 3.09. The summed E-state index contributed by atoms with van der Waals surface area (Å²) in [7, 11) is 0. The van der Waals surface area contributed by atoms with Crippen molar-refractivity contribution in [1.82, 2.24) is 4.90 Å². The van der Waals surface area contributed by atoms with E-state index in [1.807, 2.05) is 55.5 Å². The van der Waals surface area contributed by atoms with Gasteiger partial charge in [-0.25, -0.2) is 4.99 Å². The van der Waals surface area contributed by atoms with Crippen LogP contribution in [0.2, 0.25) is 0 Å². The molecule has 0 aromatic heterocycles. The molecule has 1 aliphatic heterocycles. The summed E-state index contributed by atoms with van der Waals surface area (Å²) in [6, 6.07) is 15.5. The molecule has 0 radical (unpaired) electrons. The molecule has 0 unspecified atom stereocenters. The number of nitrogens with zero attached hydrogens (tertiary/aromatic N) is 2. The number of carbonyl (C=O) groups excluding carboxylic acids is 2. The van der Waals surface area contributed by atoms with E-state index in [1.54, 1.807) is 4.90 Å². The minimum absolute atomic E-state index is 0.0119. The van der Waals surface area contributed by atoms with E-state index in [0.717, 1.165) is 28.6 Å². The second-order valence-electron chi connectivity index (χ2n) is 6.96. The van der Waals surface area contributed by atoms with Crippen LogP contribution in [-0.4, -0.2) is 33.2 Å². The van der Waals surface area contributed by atoms with Gasteiger partial charge in [0.05, 0.1) is 11.4 Å². The summed E-state index contributed by atoms with van der Waals surface area (Å²) < 4.78 is 0.815. The number of amides is 2. The largest absolute Gasteiger partial charge is 0.325 e. The van der Waals surface area contributed by atoms with Crippen molar-refractivity contribution in [3.8, 4) is 0 Å². The van der Waals surface area contributed by atoms with E-state index in [9.17, 15) is 9.59 Å². The number of benzene rings is 2. The number of halogens is 1. The number of aryl methyl sites for hydroxylation is 1. The highest BCUT2D eigenvalue weighted by Crippen LogP contribution is 2.39. The number of para-hydroxylation sites is 2. The molecular formula is C21H20BrN3O2S. The molecule has 1 heterocycles. The van der Waals surface area contributed by atoms with Crippen molar-refractivity contribution in [1.29, 1.82) is 0 Å². The lowest BCUT2D eigenvalue weighted by Crippen LogP contribution is -2.35. The monoisotopic (exact) mass is 457 g/mol. The number of amidine groups is 1. The lowest BCUT2D eigenvalue weighted by atomic mass is 10.2. The summed E-state index contributed by atoms with van der Waals surface area (Å²) in [5, 5.41) is 3.15. The van der Waals surface area contributed by atoms with E-state index in [0.29, 0.717) is 10.9 Å². The van der Waals surface area contributed by atoms with Crippen LogP contribution in [0.3, 0.4) is 0 Å². The molecule has 7 heteroatoms. The van der Waals surface area contributed by atoms with E-state index in [2.05, 4.69) is 21.2 Å². The molecule has 144 valence electrons. The molecule has 0 bridgehead atoms. The Bertz CT molecular complexity index is 958. The van der Waals surface area contributed by atoms with E-state index in [4.69, 9.17) is 4.99 Å². The minimum Gasteiger partial charge on any atom is -0.325 e. The lowest BCUT2D eigenvalue weighted by molar-refractivity contribution is -0.128. The van der Waals surface area contributed by atoms with Crippen LogP contribution >= 0.6 is 27.7 Å². The zero-order chi connectivity index (χ0) is 19.7. The van der Waals surface area contributed by atoms with Crippen LogP contribution in [0.5, 0.6) is 0 Å². The molecule has 1 saturated heterocycles. The first-order chi connectivity index (χ1) is 13.5. The minimum atomic E-state index is -0.439. The third-order valence-corrected chi connectivity index (χ3v) is 6.57. The van der Waals surface area contributed by atoms with Crippen molar-refractivity contribution in [2.24, 2.45) is 4.99 Å². The predicted molar refractivity (Wildman–Crippen MR) is 117 cm³/mol. The maximum atomic E-state index is 13.0. The highest BCUT2D eigenvalue weighted by atomic mass is 79.9. The topological polar surface area (TPSA) is 61.8 Å². The van der Waals surface area contributed by atoms with Crippen LogP contribution in [0.25, 0.3) is 0 Å². The van der Waals surface area contributed by atoms with E-state index in [1.165, 1.54) is 11.8 Å². The molecule has 1 N–H and O–H groups in total. The first kappa shape index (κ1) is 19.2. The summed E-state index contributed by atoms with van der Waals surface area (Å²) in [6.07, 6.45) is 2.12. The standard InChI is InChI=1S/C21H20BrN3O2S/c1-13-6-2-4-8-16(13)24-21-25(14-10-11-14)20(27)18(28-21)12-19(26)23-17-9-5-3-7-15(17)22/h2-9,14,18H,10-12H2,1H3,(H,23,26)/t18-/m1/s1. The van der Waals surface area contributed by atoms with Crippen LogP contribution < -0.4 is 5.32 Å². The van der Waals surface area contributed by atoms with Gasteiger partial charge in [-0.2, -0.15) is 0 Å². The predicted octanol–water partition coefficient (Wildman–Crippen LogP) is 4.88. The van der Waals surface area contributed by atoms with Gasteiger partial charge >= 0.3 is 0 Å². The SMILES string of the molecule is Cc1ccccc1N=C1S[C@H](CC(=O)Nc2ccccc2Br)C(=O)N1C1CC1. The first-order valence-corrected chi connectivity index (χ1v) is 10.9. The van der Waals surface area contributed by atoms with Gasteiger partial charge in [0.2, 0.25) is 11.8 Å². The molecule has 5 nitrogen and oxygen atoms in total. The smallest absolute Gasteiger partial charge is 0.242 e. The third kappa shape index (κ3) is 4.15. The number of aliphatic imine (C=N–C) groups is 1. The number of hydrogen-bond acceptors (Lipinski definition) is 4. The number of carbonyl (C=O) groups is 2. The average Bonchev–Trinajstić information content (AvgIpc) is 3.45. The Labute approximate surface area is 176 Å². The Morgan fingerprint density at radius 2 is 1.93 bits per heavy atom. The molecule has 4 rings (SSSR count). The molecule has 1 aliphatic carbocycles. The summed E-state index contributed by atoms with van der Waals surface area (Å²) in [5.41, 5.74) is 2.63. The van der Waals surface area contributed by atoms with Gasteiger partial charge in [-0.05, 0) is 59.5 Å². The Kier molecular flexibility index (Phi) is 5.55. The van der Waals surface area contributed by atoms with E-state index < -0.39 is 5.25 Å². The first-order valence-electron chi connectivity index (χ1n) is 9.21. The fourth-order valence-corrected chi connectivity index (χ4v) is 4.68. The maximum Gasteiger partial charge on any atom is 0.242 e. The van der Waals surface area contributed by atoms with Crippen LogP contribution in [0.1, 0.15) is 24.8 Å². The number of hydrogen-bond donors (Lipinski definition) is 1. The molecule has 2 aromatic carbocycles. The number of rotatable bonds is 5. The van der Waals surface area contributed by atoms with Crippen LogP contribution in [0.15, 0.2) is 58.0 Å². The Hall–Kier alpha value is -2.12. The van der Waals surface area contributed by atoms with Crippen LogP contribution in [0, 0.1) is 6.92 Å². The Morgan fingerprint density at radius 1 is 1.21 bits per heavy atom. The van der Waals surface area contributed by atoms with Crippen molar-refractivity contribution in [3.63, 3.8) is 0 Å². The van der Waals surface area contributed by atoms with Crippen molar-refractivity contribution in [2.45, 2.75) is 37.5 Å². The Balaban J connectivity index is 1.51. The summed E-state index contributed by atoms with van der Waals surface area (Å²) in [5.74, 6) is -0.187. The molecule has 2 fully saturated rings. The van der Waals surface area contributed by atoms with E-state index >= 15 is 0 Å². The maximum absolute atomic E-state index is 13.0. The highest BCUT2D eigenvalue weighted by Gasteiger charge is 2.46. The fraction of sp³-hybridized carbons (Fsp3) is 0.286. The van der Waals surface area contributed by atoms with Crippen molar-refractivity contribution in [2.75, 3.05) is 5.32 Å². The van der Waals surface area contributed by atoms with Crippen molar-refractivity contribution >= 4 is 56.0 Å². The highest BCUT2D eigenvalue weighted by molar-refractivity contribution is 9.10. The van der Waals surface area contributed by atoms with Gasteiger partial charge in [0.15, 0.2) is 5.17 Å². The van der Waals surface area contributed by atoms with Gasteiger partial charge in [0.1, 0.15) is 5.25 Å². The molecule has 0 spiro atoms. The molecule has 2 aromatic rings. The zero-order valence-electron chi connectivity index (χ0n) is 15.4. The molecule has 2 amide bonds. The van der Waals surface area contributed by atoms with Gasteiger partial charge in [-0.3, -0.25) is 14.5 Å². The number of nitrogens with one attached hydrogen (secondary N) is 1. The van der Waals surface area contributed by atoms with Gasteiger partial charge in [0.25, 0.3) is 0 Å². The quantitative estimate of drug-likeness (QED) is 0.695. The normalized spacial score (nSPS) is 20.6. The molecule has 2 aliphatic rings. The van der Waals surface area contributed by atoms with Crippen molar-refractivity contribution < 1.29 is 9.59 Å². The van der Waals surface area contributed by atoms with Gasteiger partial charge in [-0.1, -0.05) is 42.1 Å². The zero-order valence-corrected chi connectivity index (χ0v) is 17.8. The van der Waals surface area contributed by atoms with Crippen molar-refractivity contribution in [3.05, 3.63) is 58.6 Å². The molecule has 28 heavy (non-hydrogen) atoms. The Morgan fingerprint density at radius 3 is 2.64 bits per heavy atom. The van der Waals surface area contributed by atoms with Crippen LogP contribution in [0.4, 0.5) is 11.4 Å². The number of anilines is 1. The lowest BCUT2D eigenvalue weighted by Gasteiger charge is -2.15. The van der Waals surface area contributed by atoms with Gasteiger partial charge in [0, 0.05) is 16.9 Å². The third-order valence-electron chi connectivity index (χ3n) is 4.73.